The van der Waals surface area contributed by atoms with Gasteiger partial charge in [-0.2, -0.15) is 0 Å². The van der Waals surface area contributed by atoms with Crippen molar-refractivity contribution < 1.29 is 29.4 Å². The van der Waals surface area contributed by atoms with Crippen molar-refractivity contribution in [1.29, 1.82) is 0 Å². The molecule has 1 heterocycles. The fourth-order valence-corrected chi connectivity index (χ4v) is 2.84. The van der Waals surface area contributed by atoms with Crippen molar-refractivity contribution in [3.8, 4) is 0 Å². The summed E-state index contributed by atoms with van der Waals surface area (Å²) >= 11 is 5.07. The summed E-state index contributed by atoms with van der Waals surface area (Å²) in [7, 11) is 0. The first-order valence-electron chi connectivity index (χ1n) is 7.86. The van der Waals surface area contributed by atoms with Crippen LogP contribution in [0.2, 0.25) is 0 Å². The van der Waals surface area contributed by atoms with E-state index in [2.05, 4.69) is 5.32 Å². The topological polar surface area (TPSA) is 124 Å². The molecule has 1 saturated heterocycles. The predicted octanol–water partition coefficient (Wildman–Crippen LogP) is 1.91. The fourth-order valence-electron chi connectivity index (χ4n) is 2.56. The number of hydrogen-bond acceptors (Lipinski definition) is 5. The number of anilines is 1. The van der Waals surface area contributed by atoms with E-state index in [1.54, 1.807) is 0 Å². The zero-order valence-corrected chi connectivity index (χ0v) is 14.9. The van der Waals surface area contributed by atoms with Crippen LogP contribution in [0.25, 0.3) is 6.08 Å². The van der Waals surface area contributed by atoms with Crippen molar-refractivity contribution >= 4 is 52.8 Å². The number of nitrogens with zero attached hydrogens (tertiary/aromatic N) is 1. The van der Waals surface area contributed by atoms with Gasteiger partial charge in [-0.15, -0.1) is 0 Å². The van der Waals surface area contributed by atoms with Crippen LogP contribution in [0, 0.1) is 0 Å². The summed E-state index contributed by atoms with van der Waals surface area (Å²) < 4.78 is 0. The second-order valence-electron chi connectivity index (χ2n) is 5.74. The van der Waals surface area contributed by atoms with Crippen LogP contribution in [0.3, 0.4) is 0 Å². The number of aromatic carboxylic acids is 2. The number of carboxylic acids is 2. The summed E-state index contributed by atoms with van der Waals surface area (Å²) in [6, 6.07) is 11.2. The highest BCUT2D eigenvalue weighted by Gasteiger charge is 2.34. The first kappa shape index (κ1) is 18.9. The average molecular weight is 396 g/mol. The predicted molar refractivity (Wildman–Crippen MR) is 103 cm³/mol. The summed E-state index contributed by atoms with van der Waals surface area (Å²) in [6.07, 6.45) is 1.30. The summed E-state index contributed by atoms with van der Waals surface area (Å²) in [4.78, 5) is 48.2. The van der Waals surface area contributed by atoms with Crippen LogP contribution in [0.1, 0.15) is 26.3 Å². The van der Waals surface area contributed by atoms with Gasteiger partial charge in [-0.25, -0.2) is 9.59 Å². The molecule has 3 rings (SSSR count). The van der Waals surface area contributed by atoms with E-state index in [-0.39, 0.29) is 27.5 Å². The third-order valence-electron chi connectivity index (χ3n) is 3.92. The lowest BCUT2D eigenvalue weighted by molar-refractivity contribution is -0.122. The first-order valence-corrected chi connectivity index (χ1v) is 8.27. The Morgan fingerprint density at radius 3 is 2.21 bits per heavy atom. The van der Waals surface area contributed by atoms with Gasteiger partial charge < -0.3 is 10.2 Å². The third-order valence-corrected chi connectivity index (χ3v) is 4.21. The Morgan fingerprint density at radius 2 is 1.61 bits per heavy atom. The number of rotatable bonds is 4. The minimum absolute atomic E-state index is 0.0419. The molecular weight excluding hydrogens is 384 g/mol. The van der Waals surface area contributed by atoms with Crippen LogP contribution < -0.4 is 10.2 Å². The number of carboxylic acid groups (broad SMARTS) is 2. The van der Waals surface area contributed by atoms with E-state index in [9.17, 15) is 19.2 Å². The Hall–Kier alpha value is -3.85. The second kappa shape index (κ2) is 7.41. The molecule has 0 aliphatic carbocycles. The minimum Gasteiger partial charge on any atom is -0.478 e. The Kier molecular flexibility index (Phi) is 5.01. The molecular formula is C19H12N2O6S. The van der Waals surface area contributed by atoms with Crippen LogP contribution in [0.15, 0.2) is 54.1 Å². The number of carbonyl (C=O) groups is 4. The Bertz CT molecular complexity index is 1060. The summed E-state index contributed by atoms with van der Waals surface area (Å²) in [5.74, 6) is -3.70. The first-order chi connectivity index (χ1) is 13.3. The van der Waals surface area contributed by atoms with Gasteiger partial charge in [0.05, 0.1) is 16.8 Å². The molecule has 28 heavy (non-hydrogen) atoms. The van der Waals surface area contributed by atoms with Crippen molar-refractivity contribution in [2.75, 3.05) is 4.90 Å². The lowest BCUT2D eigenvalue weighted by Crippen LogP contribution is -2.54. The van der Waals surface area contributed by atoms with Crippen LogP contribution in [0.4, 0.5) is 5.69 Å². The molecule has 2 amide bonds. The number of benzene rings is 2. The largest absolute Gasteiger partial charge is 0.478 e. The van der Waals surface area contributed by atoms with E-state index in [4.69, 9.17) is 22.4 Å². The standard InChI is InChI=1S/C19H12N2O6S/c22-15-14(8-10-4-6-11(7-5-10)17(24)25)16(23)21(19(28)20-15)13-3-1-2-12(9-13)18(26)27/h1-9H,(H,24,25)(H,26,27)(H,20,22,28). The SMILES string of the molecule is O=C1NC(=S)N(c2cccc(C(=O)O)c2)C(=O)C1=Cc1ccc(C(=O)O)cc1. The molecule has 0 aromatic heterocycles. The highest BCUT2D eigenvalue weighted by atomic mass is 32.1. The molecule has 0 unspecified atom stereocenters. The lowest BCUT2D eigenvalue weighted by Gasteiger charge is -2.29. The molecule has 140 valence electrons. The van der Waals surface area contributed by atoms with Crippen molar-refractivity contribution in [3.05, 3.63) is 70.8 Å². The molecule has 2 aromatic rings. The third kappa shape index (κ3) is 3.64. The van der Waals surface area contributed by atoms with E-state index in [1.807, 2.05) is 0 Å². The van der Waals surface area contributed by atoms with Gasteiger partial charge in [0, 0.05) is 0 Å². The quantitative estimate of drug-likeness (QED) is 0.410. The van der Waals surface area contributed by atoms with E-state index in [0.29, 0.717) is 5.56 Å². The zero-order chi connectivity index (χ0) is 20.4. The smallest absolute Gasteiger partial charge is 0.335 e. The normalized spacial score (nSPS) is 15.5. The molecule has 2 aromatic carbocycles. The monoisotopic (exact) mass is 396 g/mol. The fraction of sp³-hybridized carbons (Fsp3) is 0. The van der Waals surface area contributed by atoms with Gasteiger partial charge in [-0.3, -0.25) is 19.8 Å². The molecule has 0 spiro atoms. The van der Waals surface area contributed by atoms with Crippen LogP contribution in [0.5, 0.6) is 0 Å². The molecule has 0 saturated carbocycles. The summed E-state index contributed by atoms with van der Waals surface area (Å²) in [6.45, 7) is 0. The number of carbonyl (C=O) groups excluding carboxylic acids is 2. The number of amides is 2. The molecule has 0 atom stereocenters. The number of thiocarbonyl (C=S) groups is 1. The van der Waals surface area contributed by atoms with E-state index in [1.165, 1.54) is 54.6 Å². The number of hydrogen-bond donors (Lipinski definition) is 3. The van der Waals surface area contributed by atoms with Gasteiger partial charge in [-0.05, 0) is 54.2 Å². The highest BCUT2D eigenvalue weighted by Crippen LogP contribution is 2.23. The number of nitrogens with one attached hydrogen (secondary N) is 1. The maximum absolute atomic E-state index is 12.9. The molecule has 0 radical (unpaired) electrons. The maximum atomic E-state index is 12.9. The van der Waals surface area contributed by atoms with Crippen molar-refractivity contribution in [1.82, 2.24) is 5.32 Å². The van der Waals surface area contributed by atoms with Gasteiger partial charge >= 0.3 is 11.9 Å². The molecule has 8 nitrogen and oxygen atoms in total. The van der Waals surface area contributed by atoms with Crippen LogP contribution in [-0.4, -0.2) is 39.1 Å². The summed E-state index contributed by atoms with van der Waals surface area (Å²) in [5, 5.41) is 20.3. The van der Waals surface area contributed by atoms with E-state index in [0.717, 1.165) is 4.90 Å². The zero-order valence-electron chi connectivity index (χ0n) is 14.1. The second-order valence-corrected chi connectivity index (χ2v) is 6.13. The van der Waals surface area contributed by atoms with Gasteiger partial charge in [0.1, 0.15) is 5.57 Å². The molecule has 0 bridgehead atoms. The van der Waals surface area contributed by atoms with E-state index >= 15 is 0 Å². The van der Waals surface area contributed by atoms with Crippen LogP contribution >= 0.6 is 12.2 Å². The Morgan fingerprint density at radius 1 is 0.964 bits per heavy atom. The maximum Gasteiger partial charge on any atom is 0.335 e. The summed E-state index contributed by atoms with van der Waals surface area (Å²) in [5.41, 5.74) is 0.435. The highest BCUT2D eigenvalue weighted by molar-refractivity contribution is 7.80. The molecule has 9 heteroatoms. The Balaban J connectivity index is 1.99. The van der Waals surface area contributed by atoms with Crippen molar-refractivity contribution in [2.45, 2.75) is 0 Å². The van der Waals surface area contributed by atoms with Gasteiger partial charge in [-0.1, -0.05) is 18.2 Å². The average Bonchev–Trinajstić information content (AvgIpc) is 2.65. The molecule has 1 fully saturated rings. The van der Waals surface area contributed by atoms with Crippen molar-refractivity contribution in [3.63, 3.8) is 0 Å². The minimum atomic E-state index is -1.17. The molecule has 1 aliphatic rings. The van der Waals surface area contributed by atoms with Gasteiger partial charge in [0.25, 0.3) is 11.8 Å². The van der Waals surface area contributed by atoms with Gasteiger partial charge in [0.15, 0.2) is 5.11 Å². The van der Waals surface area contributed by atoms with Crippen molar-refractivity contribution in [2.24, 2.45) is 0 Å². The Labute approximate surface area is 163 Å². The van der Waals surface area contributed by atoms with E-state index < -0.39 is 23.8 Å². The molecule has 1 aliphatic heterocycles. The van der Waals surface area contributed by atoms with Crippen LogP contribution in [-0.2, 0) is 9.59 Å². The van der Waals surface area contributed by atoms with Gasteiger partial charge in [0.2, 0.25) is 0 Å². The molecule has 3 N–H and O–H groups in total. The lowest BCUT2D eigenvalue weighted by atomic mass is 10.1.